The van der Waals surface area contributed by atoms with Crippen LogP contribution in [0, 0.1) is 6.92 Å². The Morgan fingerprint density at radius 3 is 2.64 bits per heavy atom. The van der Waals surface area contributed by atoms with Gasteiger partial charge in [0, 0.05) is 0 Å². The fraction of sp³-hybridized carbons (Fsp3) is 0.455. The molecule has 0 aliphatic carbocycles. The molecule has 1 aromatic rings. The monoisotopic (exact) mass is 257 g/mol. The predicted molar refractivity (Wildman–Crippen MR) is 62.9 cm³/mol. The second-order valence-corrected chi connectivity index (χ2v) is 4.24. The topological polar surface area (TPSA) is 35.2 Å². The number of benzene rings is 1. The molecule has 3 heteroatoms. The van der Waals surface area contributed by atoms with E-state index in [0.29, 0.717) is 12.5 Å². The minimum absolute atomic E-state index is 0.347. The van der Waals surface area contributed by atoms with Crippen molar-refractivity contribution in [3.05, 3.63) is 27.7 Å². The van der Waals surface area contributed by atoms with Crippen LogP contribution >= 0.6 is 15.9 Å². The van der Waals surface area contributed by atoms with E-state index in [0.717, 1.165) is 10.2 Å². The summed E-state index contributed by atoms with van der Waals surface area (Å²) in [5.74, 6) is 1.21. The second-order valence-electron chi connectivity index (χ2n) is 3.45. The maximum atomic E-state index is 5.67. The van der Waals surface area contributed by atoms with Gasteiger partial charge in [-0.1, -0.05) is 13.0 Å². The van der Waals surface area contributed by atoms with Crippen LogP contribution < -0.4 is 10.5 Å². The van der Waals surface area contributed by atoms with Gasteiger partial charge in [0.1, 0.15) is 5.75 Å². The molecule has 14 heavy (non-hydrogen) atoms. The molecule has 0 heterocycles. The zero-order valence-corrected chi connectivity index (χ0v) is 10.4. The highest BCUT2D eigenvalue weighted by molar-refractivity contribution is 9.10. The highest BCUT2D eigenvalue weighted by atomic mass is 79.9. The Morgan fingerprint density at radius 2 is 2.14 bits per heavy atom. The van der Waals surface area contributed by atoms with Crippen molar-refractivity contribution in [2.45, 2.75) is 19.8 Å². The third-order valence-electron chi connectivity index (χ3n) is 2.43. The first-order valence-electron chi connectivity index (χ1n) is 4.64. The number of methoxy groups -OCH3 is 1. The normalized spacial score (nSPS) is 12.6. The lowest BCUT2D eigenvalue weighted by Gasteiger charge is -2.16. The Morgan fingerprint density at radius 1 is 1.50 bits per heavy atom. The predicted octanol–water partition coefficient (Wildman–Crippen LogP) is 2.83. The molecule has 0 saturated heterocycles. The fourth-order valence-corrected chi connectivity index (χ4v) is 2.55. The van der Waals surface area contributed by atoms with Crippen molar-refractivity contribution < 1.29 is 4.74 Å². The molecule has 0 spiro atoms. The van der Waals surface area contributed by atoms with E-state index >= 15 is 0 Å². The summed E-state index contributed by atoms with van der Waals surface area (Å²) < 4.78 is 6.27. The van der Waals surface area contributed by atoms with E-state index in [2.05, 4.69) is 35.8 Å². The molecular weight excluding hydrogens is 242 g/mol. The molecule has 1 atom stereocenters. The van der Waals surface area contributed by atoms with Gasteiger partial charge in [0.25, 0.3) is 0 Å². The SMILES string of the molecule is COc1ccc(C)c(C(C)CN)c1Br. The third kappa shape index (κ3) is 2.10. The average molecular weight is 258 g/mol. The summed E-state index contributed by atoms with van der Waals surface area (Å²) in [7, 11) is 1.67. The van der Waals surface area contributed by atoms with E-state index in [1.165, 1.54) is 11.1 Å². The lowest BCUT2D eigenvalue weighted by Crippen LogP contribution is -2.11. The van der Waals surface area contributed by atoms with Gasteiger partial charge in [-0.05, 0) is 52.5 Å². The molecule has 1 unspecified atom stereocenters. The van der Waals surface area contributed by atoms with Crippen LogP contribution in [0.2, 0.25) is 0 Å². The van der Waals surface area contributed by atoms with Crippen molar-refractivity contribution in [3.8, 4) is 5.75 Å². The van der Waals surface area contributed by atoms with Gasteiger partial charge in [-0.15, -0.1) is 0 Å². The van der Waals surface area contributed by atoms with Crippen LogP contribution in [0.25, 0.3) is 0 Å². The highest BCUT2D eigenvalue weighted by Crippen LogP contribution is 2.35. The van der Waals surface area contributed by atoms with Crippen LogP contribution in [0.3, 0.4) is 0 Å². The lowest BCUT2D eigenvalue weighted by atomic mass is 9.96. The molecule has 2 N–H and O–H groups in total. The van der Waals surface area contributed by atoms with E-state index in [4.69, 9.17) is 10.5 Å². The zero-order valence-electron chi connectivity index (χ0n) is 8.80. The molecule has 0 aromatic heterocycles. The molecule has 2 nitrogen and oxygen atoms in total. The van der Waals surface area contributed by atoms with Gasteiger partial charge in [0.15, 0.2) is 0 Å². The Labute approximate surface area is 93.6 Å². The maximum Gasteiger partial charge on any atom is 0.133 e. The van der Waals surface area contributed by atoms with Crippen molar-refractivity contribution in [3.63, 3.8) is 0 Å². The van der Waals surface area contributed by atoms with E-state index in [1.807, 2.05) is 6.07 Å². The van der Waals surface area contributed by atoms with E-state index in [1.54, 1.807) is 7.11 Å². The van der Waals surface area contributed by atoms with Gasteiger partial charge in [-0.3, -0.25) is 0 Å². The van der Waals surface area contributed by atoms with Crippen LogP contribution in [-0.4, -0.2) is 13.7 Å². The molecule has 0 radical (unpaired) electrons. The molecule has 78 valence electrons. The second kappa shape index (κ2) is 4.80. The van der Waals surface area contributed by atoms with Crippen molar-refractivity contribution >= 4 is 15.9 Å². The number of rotatable bonds is 3. The molecule has 0 saturated carbocycles. The van der Waals surface area contributed by atoms with Crippen LogP contribution in [0.4, 0.5) is 0 Å². The molecule has 0 aliphatic heterocycles. The smallest absolute Gasteiger partial charge is 0.133 e. The summed E-state index contributed by atoms with van der Waals surface area (Å²) in [6, 6.07) is 4.03. The van der Waals surface area contributed by atoms with Gasteiger partial charge in [-0.25, -0.2) is 0 Å². The molecule has 0 amide bonds. The quantitative estimate of drug-likeness (QED) is 0.904. The van der Waals surface area contributed by atoms with Crippen molar-refractivity contribution in [2.24, 2.45) is 5.73 Å². The Hall–Kier alpha value is -0.540. The summed E-state index contributed by atoms with van der Waals surface area (Å²) in [5, 5.41) is 0. The summed E-state index contributed by atoms with van der Waals surface area (Å²) in [4.78, 5) is 0. The minimum Gasteiger partial charge on any atom is -0.496 e. The number of hydrogen-bond acceptors (Lipinski definition) is 2. The highest BCUT2D eigenvalue weighted by Gasteiger charge is 2.14. The van der Waals surface area contributed by atoms with E-state index in [-0.39, 0.29) is 0 Å². The van der Waals surface area contributed by atoms with E-state index in [9.17, 15) is 0 Å². The van der Waals surface area contributed by atoms with Crippen molar-refractivity contribution in [2.75, 3.05) is 13.7 Å². The van der Waals surface area contributed by atoms with Crippen molar-refractivity contribution in [1.82, 2.24) is 0 Å². The van der Waals surface area contributed by atoms with E-state index < -0.39 is 0 Å². The molecule has 0 fully saturated rings. The van der Waals surface area contributed by atoms with Crippen molar-refractivity contribution in [1.29, 1.82) is 0 Å². The summed E-state index contributed by atoms with van der Waals surface area (Å²) in [6.07, 6.45) is 0. The van der Waals surface area contributed by atoms with Gasteiger partial charge < -0.3 is 10.5 Å². The van der Waals surface area contributed by atoms with Gasteiger partial charge in [0.2, 0.25) is 0 Å². The Balaban J connectivity index is 3.25. The summed E-state index contributed by atoms with van der Waals surface area (Å²) in [5.41, 5.74) is 8.16. The average Bonchev–Trinajstić information content (AvgIpc) is 2.18. The molecule has 0 bridgehead atoms. The first-order chi connectivity index (χ1) is 6.61. The first-order valence-corrected chi connectivity index (χ1v) is 5.44. The Kier molecular flexibility index (Phi) is 3.96. The largest absolute Gasteiger partial charge is 0.496 e. The number of nitrogens with two attached hydrogens (primary N) is 1. The zero-order chi connectivity index (χ0) is 10.7. The molecule has 0 aliphatic rings. The first kappa shape index (κ1) is 11.5. The number of hydrogen-bond donors (Lipinski definition) is 1. The summed E-state index contributed by atoms with van der Waals surface area (Å²) in [6.45, 7) is 4.85. The molecule has 1 aromatic carbocycles. The fourth-order valence-electron chi connectivity index (χ4n) is 1.55. The number of halogens is 1. The maximum absolute atomic E-state index is 5.67. The van der Waals surface area contributed by atoms with Gasteiger partial charge >= 0.3 is 0 Å². The van der Waals surface area contributed by atoms with Gasteiger partial charge in [-0.2, -0.15) is 0 Å². The third-order valence-corrected chi connectivity index (χ3v) is 3.25. The lowest BCUT2D eigenvalue weighted by molar-refractivity contribution is 0.411. The molecule has 1 rings (SSSR count). The van der Waals surface area contributed by atoms with Crippen LogP contribution in [-0.2, 0) is 0 Å². The van der Waals surface area contributed by atoms with Crippen LogP contribution in [0.1, 0.15) is 24.0 Å². The number of aryl methyl sites for hydroxylation is 1. The van der Waals surface area contributed by atoms with Crippen LogP contribution in [0.5, 0.6) is 5.75 Å². The number of ether oxygens (including phenoxy) is 1. The minimum atomic E-state index is 0.347. The standard InChI is InChI=1S/C11H16BrNO/c1-7-4-5-9(14-3)11(12)10(7)8(2)6-13/h4-5,8H,6,13H2,1-3H3. The Bertz CT molecular complexity index is 325. The molecular formula is C11H16BrNO. The van der Waals surface area contributed by atoms with Crippen LogP contribution in [0.15, 0.2) is 16.6 Å². The summed E-state index contributed by atoms with van der Waals surface area (Å²) >= 11 is 3.55. The van der Waals surface area contributed by atoms with Gasteiger partial charge in [0.05, 0.1) is 11.6 Å².